The molecule has 5 nitrogen and oxygen atoms in total. The summed E-state index contributed by atoms with van der Waals surface area (Å²) in [5, 5.41) is 14.5. The molecule has 0 unspecified atom stereocenters. The molecular formula is C18H18N2O3. The third kappa shape index (κ3) is 4.71. The van der Waals surface area contributed by atoms with Crippen molar-refractivity contribution in [2.45, 2.75) is 13.8 Å². The number of carbonyl (C=O) groups is 2. The van der Waals surface area contributed by atoms with Crippen LogP contribution in [0.3, 0.4) is 0 Å². The average Bonchev–Trinajstić information content (AvgIpc) is 2.50. The van der Waals surface area contributed by atoms with Crippen molar-refractivity contribution < 1.29 is 14.7 Å². The molecule has 0 heterocycles. The molecule has 0 bridgehead atoms. The third-order valence-corrected chi connectivity index (χ3v) is 3.17. The maximum absolute atomic E-state index is 12.4. The smallest absolute Gasteiger partial charge is 0.272 e. The fourth-order valence-corrected chi connectivity index (χ4v) is 2.00. The summed E-state index contributed by atoms with van der Waals surface area (Å²) in [6.07, 6.45) is 1.63. The number of aromatic hydroxyl groups is 1. The Morgan fingerprint density at radius 1 is 1.04 bits per heavy atom. The Balaban J connectivity index is 2.27. The van der Waals surface area contributed by atoms with Crippen LogP contribution in [0, 0.1) is 6.92 Å². The maximum Gasteiger partial charge on any atom is 0.272 e. The largest absolute Gasteiger partial charge is 0.508 e. The standard InChI is InChI=1S/C18H18N2O3/c1-12-5-3-4-6-14(12)11-17(19-13(2)21)18(23)20-15-7-9-16(22)10-8-15/h3-11,22H,1-2H3,(H,19,21)(H,20,23)/b17-11-. The highest BCUT2D eigenvalue weighted by Crippen LogP contribution is 2.16. The van der Waals surface area contributed by atoms with E-state index < -0.39 is 5.91 Å². The van der Waals surface area contributed by atoms with Gasteiger partial charge in [-0.3, -0.25) is 9.59 Å². The third-order valence-electron chi connectivity index (χ3n) is 3.17. The minimum absolute atomic E-state index is 0.112. The summed E-state index contributed by atoms with van der Waals surface area (Å²) < 4.78 is 0. The lowest BCUT2D eigenvalue weighted by atomic mass is 10.1. The van der Waals surface area contributed by atoms with E-state index in [0.29, 0.717) is 5.69 Å². The van der Waals surface area contributed by atoms with Crippen LogP contribution in [-0.2, 0) is 9.59 Å². The van der Waals surface area contributed by atoms with Gasteiger partial charge in [-0.05, 0) is 48.4 Å². The number of phenols is 1. The minimum atomic E-state index is -0.436. The van der Waals surface area contributed by atoms with Gasteiger partial charge in [0.2, 0.25) is 5.91 Å². The lowest BCUT2D eigenvalue weighted by Gasteiger charge is -2.10. The summed E-state index contributed by atoms with van der Waals surface area (Å²) in [6, 6.07) is 13.7. The van der Waals surface area contributed by atoms with Crippen LogP contribution >= 0.6 is 0 Å². The Morgan fingerprint density at radius 3 is 2.30 bits per heavy atom. The number of carbonyl (C=O) groups excluding carboxylic acids is 2. The molecule has 0 saturated carbocycles. The first-order chi connectivity index (χ1) is 11.0. The molecule has 0 spiro atoms. The first-order valence-electron chi connectivity index (χ1n) is 7.11. The van der Waals surface area contributed by atoms with Crippen LogP contribution in [0.15, 0.2) is 54.2 Å². The second-order valence-electron chi connectivity index (χ2n) is 5.10. The number of rotatable bonds is 4. The molecule has 0 radical (unpaired) electrons. The topological polar surface area (TPSA) is 78.4 Å². The van der Waals surface area contributed by atoms with Crippen molar-refractivity contribution >= 4 is 23.6 Å². The molecule has 23 heavy (non-hydrogen) atoms. The lowest BCUT2D eigenvalue weighted by molar-refractivity contribution is -0.120. The van der Waals surface area contributed by atoms with Gasteiger partial charge in [0.1, 0.15) is 11.4 Å². The number of phenolic OH excluding ortho intramolecular Hbond substituents is 1. The van der Waals surface area contributed by atoms with Crippen molar-refractivity contribution in [3.05, 3.63) is 65.4 Å². The SMILES string of the molecule is CC(=O)N/C(=C\c1ccccc1C)C(=O)Nc1ccc(O)cc1. The highest BCUT2D eigenvalue weighted by Gasteiger charge is 2.12. The molecule has 2 amide bonds. The molecule has 2 aromatic carbocycles. The molecule has 0 aliphatic heterocycles. The minimum Gasteiger partial charge on any atom is -0.508 e. The van der Waals surface area contributed by atoms with Crippen LogP contribution in [0.4, 0.5) is 5.69 Å². The highest BCUT2D eigenvalue weighted by atomic mass is 16.3. The molecule has 5 heteroatoms. The molecule has 0 aliphatic rings. The number of anilines is 1. The molecule has 118 valence electrons. The van der Waals surface area contributed by atoms with Crippen molar-refractivity contribution in [3.8, 4) is 5.75 Å². The van der Waals surface area contributed by atoms with Crippen LogP contribution in [0.2, 0.25) is 0 Å². The van der Waals surface area contributed by atoms with E-state index in [0.717, 1.165) is 11.1 Å². The van der Waals surface area contributed by atoms with E-state index >= 15 is 0 Å². The molecule has 0 fully saturated rings. The van der Waals surface area contributed by atoms with E-state index in [4.69, 9.17) is 0 Å². The van der Waals surface area contributed by atoms with Gasteiger partial charge in [0.05, 0.1) is 0 Å². The first kappa shape index (κ1) is 16.3. The molecule has 3 N–H and O–H groups in total. The van der Waals surface area contributed by atoms with Gasteiger partial charge in [-0.15, -0.1) is 0 Å². The Morgan fingerprint density at radius 2 is 1.70 bits per heavy atom. The van der Waals surface area contributed by atoms with Gasteiger partial charge < -0.3 is 15.7 Å². The Bertz CT molecular complexity index is 749. The molecular weight excluding hydrogens is 292 g/mol. The number of aryl methyl sites for hydroxylation is 1. The Hall–Kier alpha value is -3.08. The van der Waals surface area contributed by atoms with E-state index in [2.05, 4.69) is 10.6 Å². The molecule has 0 saturated heterocycles. The quantitative estimate of drug-likeness (QED) is 0.600. The van der Waals surface area contributed by atoms with Crippen molar-refractivity contribution in [2.24, 2.45) is 0 Å². The maximum atomic E-state index is 12.4. The van der Waals surface area contributed by atoms with Gasteiger partial charge >= 0.3 is 0 Å². The van der Waals surface area contributed by atoms with Crippen LogP contribution in [0.5, 0.6) is 5.75 Å². The molecule has 2 rings (SSSR count). The van der Waals surface area contributed by atoms with E-state index in [1.807, 2.05) is 31.2 Å². The summed E-state index contributed by atoms with van der Waals surface area (Å²) in [6.45, 7) is 3.27. The lowest BCUT2D eigenvalue weighted by Crippen LogP contribution is -2.29. The van der Waals surface area contributed by atoms with Gasteiger partial charge in [0.15, 0.2) is 0 Å². The second kappa shape index (κ2) is 7.26. The zero-order valence-electron chi connectivity index (χ0n) is 13.0. The van der Waals surface area contributed by atoms with Gasteiger partial charge in [0.25, 0.3) is 5.91 Å². The Kier molecular flexibility index (Phi) is 5.15. The van der Waals surface area contributed by atoms with E-state index in [-0.39, 0.29) is 17.4 Å². The first-order valence-corrected chi connectivity index (χ1v) is 7.11. The average molecular weight is 310 g/mol. The molecule has 0 aliphatic carbocycles. The summed E-state index contributed by atoms with van der Waals surface area (Å²) in [5.74, 6) is -0.652. The van der Waals surface area contributed by atoms with Crippen molar-refractivity contribution in [1.29, 1.82) is 0 Å². The van der Waals surface area contributed by atoms with Crippen molar-refractivity contribution in [1.82, 2.24) is 5.32 Å². The highest BCUT2D eigenvalue weighted by molar-refractivity contribution is 6.08. The second-order valence-corrected chi connectivity index (χ2v) is 5.10. The normalized spacial score (nSPS) is 11.0. The summed E-state index contributed by atoms with van der Waals surface area (Å²) in [5.41, 5.74) is 2.51. The van der Waals surface area contributed by atoms with E-state index in [1.165, 1.54) is 19.1 Å². The van der Waals surface area contributed by atoms with Gasteiger partial charge in [0, 0.05) is 12.6 Å². The molecule has 0 aromatic heterocycles. The number of benzene rings is 2. The van der Waals surface area contributed by atoms with Crippen molar-refractivity contribution in [2.75, 3.05) is 5.32 Å². The zero-order chi connectivity index (χ0) is 16.8. The number of nitrogens with one attached hydrogen (secondary N) is 2. The van der Waals surface area contributed by atoms with Gasteiger partial charge in [-0.25, -0.2) is 0 Å². The monoisotopic (exact) mass is 310 g/mol. The zero-order valence-corrected chi connectivity index (χ0v) is 13.0. The molecule has 2 aromatic rings. The summed E-state index contributed by atoms with van der Waals surface area (Å²) in [7, 11) is 0. The summed E-state index contributed by atoms with van der Waals surface area (Å²) >= 11 is 0. The van der Waals surface area contributed by atoms with Crippen LogP contribution in [0.25, 0.3) is 6.08 Å². The number of amides is 2. The fourth-order valence-electron chi connectivity index (χ4n) is 2.00. The fraction of sp³-hybridized carbons (Fsp3) is 0.111. The number of hydrogen-bond donors (Lipinski definition) is 3. The number of hydrogen-bond acceptors (Lipinski definition) is 3. The van der Waals surface area contributed by atoms with Crippen molar-refractivity contribution in [3.63, 3.8) is 0 Å². The summed E-state index contributed by atoms with van der Waals surface area (Å²) in [4.78, 5) is 23.8. The van der Waals surface area contributed by atoms with Gasteiger partial charge in [-0.2, -0.15) is 0 Å². The van der Waals surface area contributed by atoms with Crippen LogP contribution in [0.1, 0.15) is 18.1 Å². The predicted octanol–water partition coefficient (Wildman–Crippen LogP) is 2.82. The van der Waals surface area contributed by atoms with E-state index in [1.54, 1.807) is 18.2 Å². The predicted molar refractivity (Wildman–Crippen MR) is 89.7 cm³/mol. The van der Waals surface area contributed by atoms with E-state index in [9.17, 15) is 14.7 Å². The molecule has 0 atom stereocenters. The van der Waals surface area contributed by atoms with Gasteiger partial charge in [-0.1, -0.05) is 24.3 Å². The van der Waals surface area contributed by atoms with Crippen LogP contribution in [-0.4, -0.2) is 16.9 Å². The van der Waals surface area contributed by atoms with Crippen LogP contribution < -0.4 is 10.6 Å². The Labute approximate surface area is 134 Å².